The van der Waals surface area contributed by atoms with E-state index >= 15 is 0 Å². The number of nitrogens with zero attached hydrogens (tertiary/aromatic N) is 2. The number of halogens is 1. The molecule has 1 aromatic heterocycles. The van der Waals surface area contributed by atoms with E-state index in [4.69, 9.17) is 17.3 Å². The molecule has 0 atom stereocenters. The lowest BCUT2D eigenvalue weighted by molar-refractivity contribution is -0.135. The fourth-order valence-electron chi connectivity index (χ4n) is 2.26. The normalized spacial score (nSPS) is 10.3. The van der Waals surface area contributed by atoms with Crippen molar-refractivity contribution < 1.29 is 9.59 Å². The van der Waals surface area contributed by atoms with Gasteiger partial charge in [0, 0.05) is 36.1 Å². The van der Waals surface area contributed by atoms with E-state index in [0.717, 1.165) is 5.56 Å². The van der Waals surface area contributed by atoms with Crippen LogP contribution in [0.5, 0.6) is 0 Å². The third-order valence-corrected chi connectivity index (χ3v) is 3.76. The molecule has 6 nitrogen and oxygen atoms in total. The van der Waals surface area contributed by atoms with Crippen LogP contribution in [0, 0.1) is 0 Å². The first kappa shape index (κ1) is 18.9. The molecule has 0 spiro atoms. The summed E-state index contributed by atoms with van der Waals surface area (Å²) in [6, 6.07) is 10.5. The number of rotatable bonds is 8. The first-order chi connectivity index (χ1) is 12.1. The van der Waals surface area contributed by atoms with E-state index in [1.807, 2.05) is 6.07 Å². The topological polar surface area (TPSA) is 88.3 Å². The number of carbonyl (C=O) groups excluding carboxylic acids is 2. The molecular formula is C18H21ClN4O2. The number of nitrogens with one attached hydrogen (secondary N) is 1. The molecule has 3 N–H and O–H groups in total. The maximum Gasteiger partial charge on any atom is 0.244 e. The molecule has 2 rings (SSSR count). The molecule has 132 valence electrons. The van der Waals surface area contributed by atoms with E-state index in [0.29, 0.717) is 36.6 Å². The van der Waals surface area contributed by atoms with Crippen molar-refractivity contribution in [3.05, 3.63) is 59.4 Å². The van der Waals surface area contributed by atoms with Crippen LogP contribution in [0.25, 0.3) is 0 Å². The van der Waals surface area contributed by atoms with Gasteiger partial charge in [-0.2, -0.15) is 0 Å². The summed E-state index contributed by atoms with van der Waals surface area (Å²) in [5.74, 6) is -0.382. The Balaban J connectivity index is 2.02. The minimum Gasteiger partial charge on any atom is -0.330 e. The van der Waals surface area contributed by atoms with Crippen molar-refractivity contribution >= 4 is 29.1 Å². The molecule has 0 unspecified atom stereocenters. The second kappa shape index (κ2) is 9.76. The molecule has 0 aliphatic heterocycles. The Kier molecular flexibility index (Phi) is 7.37. The Morgan fingerprint density at radius 1 is 1.20 bits per heavy atom. The van der Waals surface area contributed by atoms with Crippen molar-refractivity contribution in [3.63, 3.8) is 0 Å². The number of carbonyl (C=O) groups is 2. The molecule has 2 amide bonds. The fourth-order valence-corrected chi connectivity index (χ4v) is 2.39. The van der Waals surface area contributed by atoms with Gasteiger partial charge < -0.3 is 16.0 Å². The number of anilines is 1. The van der Waals surface area contributed by atoms with E-state index in [1.54, 1.807) is 42.7 Å². The first-order valence-corrected chi connectivity index (χ1v) is 8.38. The molecular weight excluding hydrogens is 340 g/mol. The predicted octanol–water partition coefficient (Wildman–Crippen LogP) is 2.44. The zero-order valence-corrected chi connectivity index (χ0v) is 14.6. The molecule has 2 aromatic rings. The molecule has 0 bridgehead atoms. The number of pyridine rings is 1. The maximum atomic E-state index is 12.4. The van der Waals surface area contributed by atoms with E-state index in [-0.39, 0.29) is 18.4 Å². The third-order valence-electron chi connectivity index (χ3n) is 3.51. The summed E-state index contributed by atoms with van der Waals surface area (Å²) < 4.78 is 0. The second-order valence-electron chi connectivity index (χ2n) is 5.56. The standard InChI is InChI=1S/C18H21ClN4O2/c19-15-5-7-16(8-6-15)22-17(24)13-23(18(25)4-1-9-20)12-14-3-2-10-21-11-14/h2-3,5-8,10-11H,1,4,9,12-13,20H2,(H,22,24). The highest BCUT2D eigenvalue weighted by atomic mass is 35.5. The van der Waals surface area contributed by atoms with Gasteiger partial charge in [0.2, 0.25) is 11.8 Å². The highest BCUT2D eigenvalue weighted by Gasteiger charge is 2.17. The van der Waals surface area contributed by atoms with Crippen LogP contribution in [0.3, 0.4) is 0 Å². The van der Waals surface area contributed by atoms with Gasteiger partial charge in [-0.25, -0.2) is 0 Å². The van der Waals surface area contributed by atoms with Gasteiger partial charge in [0.25, 0.3) is 0 Å². The summed E-state index contributed by atoms with van der Waals surface area (Å²) in [4.78, 5) is 30.2. The monoisotopic (exact) mass is 360 g/mol. The zero-order chi connectivity index (χ0) is 18.1. The third kappa shape index (κ3) is 6.52. The molecule has 25 heavy (non-hydrogen) atoms. The number of hydrogen-bond donors (Lipinski definition) is 2. The van der Waals surface area contributed by atoms with Crippen molar-refractivity contribution in [2.24, 2.45) is 5.73 Å². The van der Waals surface area contributed by atoms with Gasteiger partial charge in [0.05, 0.1) is 0 Å². The van der Waals surface area contributed by atoms with Crippen LogP contribution in [-0.4, -0.2) is 34.8 Å². The summed E-state index contributed by atoms with van der Waals surface area (Å²) in [5.41, 5.74) is 6.97. The van der Waals surface area contributed by atoms with Crippen molar-refractivity contribution in [2.45, 2.75) is 19.4 Å². The number of aromatic nitrogens is 1. The molecule has 7 heteroatoms. The Labute approximate surface area is 152 Å². The summed E-state index contributed by atoms with van der Waals surface area (Å²) in [6.45, 7) is 0.718. The van der Waals surface area contributed by atoms with Gasteiger partial charge in [-0.3, -0.25) is 14.6 Å². The maximum absolute atomic E-state index is 12.4. The molecule has 1 aromatic carbocycles. The summed E-state index contributed by atoms with van der Waals surface area (Å²) in [7, 11) is 0. The van der Waals surface area contributed by atoms with E-state index < -0.39 is 0 Å². The molecule has 1 heterocycles. The lowest BCUT2D eigenvalue weighted by Gasteiger charge is -2.22. The highest BCUT2D eigenvalue weighted by molar-refractivity contribution is 6.30. The van der Waals surface area contributed by atoms with Crippen molar-refractivity contribution in [2.75, 3.05) is 18.4 Å². The lowest BCUT2D eigenvalue weighted by atomic mass is 10.2. The van der Waals surface area contributed by atoms with Crippen LogP contribution in [-0.2, 0) is 16.1 Å². The molecule has 0 saturated carbocycles. The quantitative estimate of drug-likeness (QED) is 0.756. The van der Waals surface area contributed by atoms with Gasteiger partial charge in [-0.05, 0) is 48.9 Å². The van der Waals surface area contributed by atoms with Crippen LogP contribution in [0.2, 0.25) is 5.02 Å². The van der Waals surface area contributed by atoms with E-state index in [9.17, 15) is 9.59 Å². The van der Waals surface area contributed by atoms with Gasteiger partial charge >= 0.3 is 0 Å². The lowest BCUT2D eigenvalue weighted by Crippen LogP contribution is -2.37. The molecule has 0 aliphatic carbocycles. The van der Waals surface area contributed by atoms with Crippen molar-refractivity contribution in [1.82, 2.24) is 9.88 Å². The smallest absolute Gasteiger partial charge is 0.244 e. The van der Waals surface area contributed by atoms with Crippen molar-refractivity contribution in [3.8, 4) is 0 Å². The van der Waals surface area contributed by atoms with Gasteiger partial charge in [0.1, 0.15) is 6.54 Å². The van der Waals surface area contributed by atoms with Gasteiger partial charge in [-0.15, -0.1) is 0 Å². The summed E-state index contributed by atoms with van der Waals surface area (Å²) in [6.07, 6.45) is 4.24. The average molecular weight is 361 g/mol. The SMILES string of the molecule is NCCCC(=O)N(CC(=O)Nc1ccc(Cl)cc1)Cc1cccnc1. The number of amides is 2. The van der Waals surface area contributed by atoms with Crippen LogP contribution >= 0.6 is 11.6 Å². The Morgan fingerprint density at radius 3 is 2.60 bits per heavy atom. The molecule has 0 aliphatic rings. The van der Waals surface area contributed by atoms with Crippen LogP contribution in [0.15, 0.2) is 48.8 Å². The molecule has 0 radical (unpaired) electrons. The minimum absolute atomic E-state index is 0.0407. The summed E-state index contributed by atoms with van der Waals surface area (Å²) in [5, 5.41) is 3.36. The number of nitrogens with two attached hydrogens (primary N) is 1. The van der Waals surface area contributed by atoms with E-state index in [1.165, 1.54) is 4.90 Å². The van der Waals surface area contributed by atoms with Crippen molar-refractivity contribution in [1.29, 1.82) is 0 Å². The predicted molar refractivity (Wildman–Crippen MR) is 98.0 cm³/mol. The van der Waals surface area contributed by atoms with Crippen LogP contribution < -0.4 is 11.1 Å². The highest BCUT2D eigenvalue weighted by Crippen LogP contribution is 2.14. The first-order valence-electron chi connectivity index (χ1n) is 8.00. The van der Waals surface area contributed by atoms with Crippen LogP contribution in [0.1, 0.15) is 18.4 Å². The Bertz CT molecular complexity index is 692. The largest absolute Gasteiger partial charge is 0.330 e. The molecule has 0 fully saturated rings. The Morgan fingerprint density at radius 2 is 1.96 bits per heavy atom. The second-order valence-corrected chi connectivity index (χ2v) is 5.99. The van der Waals surface area contributed by atoms with Gasteiger partial charge in [-0.1, -0.05) is 17.7 Å². The average Bonchev–Trinajstić information content (AvgIpc) is 2.62. The minimum atomic E-state index is -0.271. The van der Waals surface area contributed by atoms with Crippen LogP contribution in [0.4, 0.5) is 5.69 Å². The number of hydrogen-bond acceptors (Lipinski definition) is 4. The summed E-state index contributed by atoms with van der Waals surface area (Å²) >= 11 is 5.83. The van der Waals surface area contributed by atoms with Gasteiger partial charge in [0.15, 0.2) is 0 Å². The number of benzene rings is 1. The molecule has 0 saturated heterocycles. The van der Waals surface area contributed by atoms with E-state index in [2.05, 4.69) is 10.3 Å². The Hall–Kier alpha value is -2.44. The zero-order valence-electron chi connectivity index (χ0n) is 13.8. The fraction of sp³-hybridized carbons (Fsp3) is 0.278.